The number of nitrogens with zero attached hydrogens (tertiary/aromatic N) is 1. The molecular formula is C13H19NO. The summed E-state index contributed by atoms with van der Waals surface area (Å²) in [7, 11) is 4.18. The van der Waals surface area contributed by atoms with Gasteiger partial charge in [-0.25, -0.2) is 0 Å². The first-order chi connectivity index (χ1) is 7.18. The number of rotatable bonds is 2. The lowest BCUT2D eigenvalue weighted by Gasteiger charge is -2.28. The maximum Gasteiger partial charge on any atom is 0.119 e. The Balaban J connectivity index is 2.32. The molecule has 0 bridgehead atoms. The quantitative estimate of drug-likeness (QED) is 0.801. The summed E-state index contributed by atoms with van der Waals surface area (Å²) in [5, 5.41) is 9.92. The summed E-state index contributed by atoms with van der Waals surface area (Å²) in [6, 6.07) is 5.91. The summed E-state index contributed by atoms with van der Waals surface area (Å²) in [4.78, 5) is 2.20. The minimum atomic E-state index is 0.485. The van der Waals surface area contributed by atoms with E-state index in [1.54, 1.807) is 0 Å². The number of aryl methyl sites for hydroxylation is 1. The van der Waals surface area contributed by atoms with E-state index in [0.29, 0.717) is 11.7 Å². The molecule has 0 saturated heterocycles. The molecule has 2 heteroatoms. The van der Waals surface area contributed by atoms with Gasteiger partial charge in [0.15, 0.2) is 0 Å². The minimum Gasteiger partial charge on any atom is -0.508 e. The van der Waals surface area contributed by atoms with Gasteiger partial charge in [0.25, 0.3) is 0 Å². The van der Waals surface area contributed by atoms with Crippen LogP contribution in [0.2, 0.25) is 0 Å². The van der Waals surface area contributed by atoms with Gasteiger partial charge in [-0.05, 0) is 45.0 Å². The molecule has 1 aliphatic rings. The molecule has 1 aliphatic carbocycles. The Morgan fingerprint density at radius 2 is 2.20 bits per heavy atom. The second kappa shape index (κ2) is 4.23. The molecule has 1 atom stereocenters. The van der Waals surface area contributed by atoms with Crippen molar-refractivity contribution in [1.29, 1.82) is 0 Å². The smallest absolute Gasteiger partial charge is 0.119 e. The Hall–Kier alpha value is -1.02. The molecule has 1 aromatic carbocycles. The van der Waals surface area contributed by atoms with Crippen LogP contribution >= 0.6 is 0 Å². The van der Waals surface area contributed by atoms with E-state index in [2.05, 4.69) is 25.1 Å². The number of aromatic hydroxyl groups is 1. The van der Waals surface area contributed by atoms with Crippen molar-refractivity contribution in [2.45, 2.75) is 25.2 Å². The first-order valence-electron chi connectivity index (χ1n) is 5.64. The first kappa shape index (κ1) is 10.5. The number of phenols is 1. The van der Waals surface area contributed by atoms with E-state index in [4.69, 9.17) is 0 Å². The Morgan fingerprint density at radius 1 is 1.40 bits per heavy atom. The van der Waals surface area contributed by atoms with Gasteiger partial charge in [-0.3, -0.25) is 0 Å². The third-order valence-corrected chi connectivity index (χ3v) is 3.17. The Labute approximate surface area is 91.5 Å². The number of fused-ring (bicyclic) bond motifs is 1. The highest BCUT2D eigenvalue weighted by Crippen LogP contribution is 2.37. The molecule has 0 saturated carbocycles. The van der Waals surface area contributed by atoms with Crippen LogP contribution in [0.25, 0.3) is 0 Å². The van der Waals surface area contributed by atoms with E-state index in [9.17, 15) is 5.11 Å². The molecule has 0 spiro atoms. The highest BCUT2D eigenvalue weighted by Gasteiger charge is 2.23. The molecule has 0 fully saturated rings. The molecule has 1 unspecified atom stereocenters. The van der Waals surface area contributed by atoms with Crippen molar-refractivity contribution in [3.8, 4) is 5.75 Å². The number of hydrogen-bond acceptors (Lipinski definition) is 2. The molecular weight excluding hydrogens is 186 g/mol. The molecule has 0 radical (unpaired) electrons. The van der Waals surface area contributed by atoms with E-state index in [-0.39, 0.29) is 0 Å². The average Bonchev–Trinajstić information content (AvgIpc) is 2.17. The number of benzene rings is 1. The lowest BCUT2D eigenvalue weighted by Crippen LogP contribution is -2.23. The van der Waals surface area contributed by atoms with Crippen molar-refractivity contribution in [2.75, 3.05) is 20.6 Å². The SMILES string of the molecule is CN(C)CC1CCCc2cccc(O)c21. The molecule has 2 rings (SSSR count). The number of hydrogen-bond donors (Lipinski definition) is 1. The largest absolute Gasteiger partial charge is 0.508 e. The highest BCUT2D eigenvalue weighted by atomic mass is 16.3. The molecule has 1 N–H and O–H groups in total. The minimum absolute atomic E-state index is 0.485. The Kier molecular flexibility index (Phi) is 2.96. The van der Waals surface area contributed by atoms with Gasteiger partial charge in [0.1, 0.15) is 5.75 Å². The topological polar surface area (TPSA) is 23.5 Å². The van der Waals surface area contributed by atoms with Crippen LogP contribution < -0.4 is 0 Å². The van der Waals surface area contributed by atoms with Gasteiger partial charge >= 0.3 is 0 Å². The molecule has 0 aliphatic heterocycles. The Bertz CT molecular complexity index is 346. The van der Waals surface area contributed by atoms with Gasteiger partial charge in [-0.15, -0.1) is 0 Å². The maximum atomic E-state index is 9.92. The zero-order chi connectivity index (χ0) is 10.8. The molecule has 2 nitrogen and oxygen atoms in total. The maximum absolute atomic E-state index is 9.92. The summed E-state index contributed by atoms with van der Waals surface area (Å²) < 4.78 is 0. The van der Waals surface area contributed by atoms with E-state index in [1.807, 2.05) is 12.1 Å². The second-order valence-electron chi connectivity index (χ2n) is 4.70. The van der Waals surface area contributed by atoms with E-state index < -0.39 is 0 Å². The summed E-state index contributed by atoms with van der Waals surface area (Å²) in [5.41, 5.74) is 2.53. The fourth-order valence-corrected chi connectivity index (χ4v) is 2.60. The van der Waals surface area contributed by atoms with Crippen LogP contribution in [-0.4, -0.2) is 30.6 Å². The lowest BCUT2D eigenvalue weighted by molar-refractivity contribution is 0.344. The van der Waals surface area contributed by atoms with E-state index >= 15 is 0 Å². The van der Waals surface area contributed by atoms with Crippen molar-refractivity contribution in [3.05, 3.63) is 29.3 Å². The fourth-order valence-electron chi connectivity index (χ4n) is 2.60. The monoisotopic (exact) mass is 205 g/mol. The Morgan fingerprint density at radius 3 is 2.93 bits per heavy atom. The van der Waals surface area contributed by atoms with Crippen LogP contribution in [0, 0.1) is 0 Å². The summed E-state index contributed by atoms with van der Waals surface area (Å²) in [5.74, 6) is 0.990. The van der Waals surface area contributed by atoms with Crippen molar-refractivity contribution < 1.29 is 5.11 Å². The van der Waals surface area contributed by atoms with Crippen molar-refractivity contribution >= 4 is 0 Å². The lowest BCUT2D eigenvalue weighted by atomic mass is 9.82. The molecule has 1 aromatic rings. The fraction of sp³-hybridized carbons (Fsp3) is 0.538. The van der Waals surface area contributed by atoms with Crippen LogP contribution in [0.3, 0.4) is 0 Å². The third kappa shape index (κ3) is 2.15. The van der Waals surface area contributed by atoms with E-state index in [0.717, 1.165) is 13.0 Å². The van der Waals surface area contributed by atoms with Gasteiger partial charge in [0, 0.05) is 18.0 Å². The zero-order valence-corrected chi connectivity index (χ0v) is 9.53. The predicted octanol–water partition coefficient (Wildman–Crippen LogP) is 2.37. The molecule has 15 heavy (non-hydrogen) atoms. The normalized spacial score (nSPS) is 20.3. The van der Waals surface area contributed by atoms with Gasteiger partial charge < -0.3 is 10.0 Å². The van der Waals surface area contributed by atoms with Crippen molar-refractivity contribution in [2.24, 2.45) is 0 Å². The van der Waals surface area contributed by atoms with Gasteiger partial charge in [0.2, 0.25) is 0 Å². The van der Waals surface area contributed by atoms with Gasteiger partial charge in [-0.1, -0.05) is 12.1 Å². The highest BCUT2D eigenvalue weighted by molar-refractivity contribution is 5.43. The standard InChI is InChI=1S/C13H19NO/c1-14(2)9-11-7-3-5-10-6-4-8-12(15)13(10)11/h4,6,8,11,15H,3,5,7,9H2,1-2H3. The van der Waals surface area contributed by atoms with Crippen LogP contribution in [0.15, 0.2) is 18.2 Å². The van der Waals surface area contributed by atoms with Crippen LogP contribution in [0.1, 0.15) is 29.9 Å². The zero-order valence-electron chi connectivity index (χ0n) is 9.53. The molecule has 0 heterocycles. The van der Waals surface area contributed by atoms with Gasteiger partial charge in [0.05, 0.1) is 0 Å². The predicted molar refractivity (Wildman–Crippen MR) is 62.3 cm³/mol. The summed E-state index contributed by atoms with van der Waals surface area (Å²) in [6.45, 7) is 1.03. The number of phenolic OH excluding ortho intramolecular Hbond substituents is 1. The van der Waals surface area contributed by atoms with Gasteiger partial charge in [-0.2, -0.15) is 0 Å². The van der Waals surface area contributed by atoms with Crippen LogP contribution in [-0.2, 0) is 6.42 Å². The third-order valence-electron chi connectivity index (χ3n) is 3.17. The average molecular weight is 205 g/mol. The number of likely N-dealkylation sites (N-methyl/N-ethyl adjacent to an activating group) is 1. The summed E-state index contributed by atoms with van der Waals surface area (Å²) >= 11 is 0. The van der Waals surface area contributed by atoms with Crippen molar-refractivity contribution in [1.82, 2.24) is 4.90 Å². The van der Waals surface area contributed by atoms with Crippen molar-refractivity contribution in [3.63, 3.8) is 0 Å². The second-order valence-corrected chi connectivity index (χ2v) is 4.70. The summed E-state index contributed by atoms with van der Waals surface area (Å²) in [6.07, 6.45) is 3.56. The van der Waals surface area contributed by atoms with Crippen LogP contribution in [0.5, 0.6) is 5.75 Å². The first-order valence-corrected chi connectivity index (χ1v) is 5.64. The van der Waals surface area contributed by atoms with E-state index in [1.165, 1.54) is 24.0 Å². The molecule has 82 valence electrons. The molecule has 0 aromatic heterocycles. The van der Waals surface area contributed by atoms with Crippen LogP contribution in [0.4, 0.5) is 0 Å². The molecule has 0 amide bonds.